The van der Waals surface area contributed by atoms with Crippen LogP contribution in [-0.2, 0) is 37.6 Å². The molecule has 0 bridgehead atoms. The Bertz CT molecular complexity index is 1330. The summed E-state index contributed by atoms with van der Waals surface area (Å²) in [6.45, 7) is 0.0474. The summed E-state index contributed by atoms with van der Waals surface area (Å²) in [4.78, 5) is 12.2. The number of amides is 1. The van der Waals surface area contributed by atoms with Crippen LogP contribution in [0.25, 0.3) is 10.9 Å². The van der Waals surface area contributed by atoms with Crippen molar-refractivity contribution in [2.45, 2.75) is 17.9 Å². The molecule has 0 aliphatic carbocycles. The minimum Gasteiger partial charge on any atom is -0.326 e. The Morgan fingerprint density at radius 3 is 2.53 bits per heavy atom. The molecule has 9 nitrogen and oxygen atoms in total. The number of aromatic nitrogens is 2. The van der Waals surface area contributed by atoms with E-state index in [9.17, 15) is 21.6 Å². The first-order chi connectivity index (χ1) is 13.9. The zero-order valence-corrected chi connectivity index (χ0v) is 18.3. The molecule has 3 aromatic rings. The van der Waals surface area contributed by atoms with Gasteiger partial charge in [0.25, 0.3) is 0 Å². The van der Waals surface area contributed by atoms with E-state index in [0.717, 1.165) is 6.26 Å². The summed E-state index contributed by atoms with van der Waals surface area (Å²) in [5.41, 5.74) is 1.06. The van der Waals surface area contributed by atoms with E-state index in [1.54, 1.807) is 24.3 Å². The highest BCUT2D eigenvalue weighted by Crippen LogP contribution is 2.26. The Balaban J connectivity index is 1.93. The van der Waals surface area contributed by atoms with Crippen LogP contribution in [0.2, 0.25) is 5.02 Å². The fourth-order valence-electron chi connectivity index (χ4n) is 2.84. The third kappa shape index (κ3) is 5.57. The van der Waals surface area contributed by atoms with Gasteiger partial charge in [0.05, 0.1) is 29.1 Å². The molecular weight excluding hydrogens is 452 g/mol. The van der Waals surface area contributed by atoms with Gasteiger partial charge in [0.2, 0.25) is 15.9 Å². The molecule has 0 radical (unpaired) electrons. The maximum absolute atomic E-state index is 12.4. The SMILES string of the molecule is CS(=O)(=O)CCn1cc2c(S(N)(=O)=O)cc(NC(=O)Cc3ccccc3Cl)cc2n1. The van der Waals surface area contributed by atoms with Gasteiger partial charge in [0.1, 0.15) is 9.84 Å². The molecule has 0 aliphatic heterocycles. The molecule has 0 atom stereocenters. The molecule has 0 spiro atoms. The first-order valence-corrected chi connectivity index (χ1v) is 12.7. The molecule has 1 aromatic heterocycles. The van der Waals surface area contributed by atoms with Gasteiger partial charge < -0.3 is 5.32 Å². The Hall–Kier alpha value is -2.47. The molecule has 0 fully saturated rings. The van der Waals surface area contributed by atoms with E-state index in [-0.39, 0.29) is 40.2 Å². The smallest absolute Gasteiger partial charge is 0.238 e. The number of sulfone groups is 1. The molecule has 0 saturated carbocycles. The van der Waals surface area contributed by atoms with Crippen LogP contribution in [0, 0.1) is 0 Å². The van der Waals surface area contributed by atoms with Crippen LogP contribution in [0.5, 0.6) is 0 Å². The lowest BCUT2D eigenvalue weighted by atomic mass is 10.1. The van der Waals surface area contributed by atoms with E-state index in [2.05, 4.69) is 10.4 Å². The normalized spacial score (nSPS) is 12.2. The highest BCUT2D eigenvalue weighted by molar-refractivity contribution is 7.90. The van der Waals surface area contributed by atoms with Gasteiger partial charge in [-0.25, -0.2) is 22.0 Å². The molecular formula is C18H19ClN4O5S2. The number of carbonyl (C=O) groups is 1. The Labute approximate surface area is 178 Å². The van der Waals surface area contributed by atoms with Crippen LogP contribution in [0.1, 0.15) is 5.56 Å². The third-order valence-electron chi connectivity index (χ3n) is 4.22. The highest BCUT2D eigenvalue weighted by atomic mass is 35.5. The van der Waals surface area contributed by atoms with Gasteiger partial charge in [-0.2, -0.15) is 5.10 Å². The number of primary sulfonamides is 1. The number of hydrogen-bond acceptors (Lipinski definition) is 6. The van der Waals surface area contributed by atoms with Crippen molar-refractivity contribution in [1.82, 2.24) is 9.78 Å². The number of aryl methyl sites for hydroxylation is 1. The number of hydrogen-bond donors (Lipinski definition) is 2. The van der Waals surface area contributed by atoms with Crippen LogP contribution in [0.4, 0.5) is 5.69 Å². The van der Waals surface area contributed by atoms with Crippen LogP contribution >= 0.6 is 11.6 Å². The summed E-state index contributed by atoms with van der Waals surface area (Å²) in [7, 11) is -7.35. The monoisotopic (exact) mass is 470 g/mol. The molecule has 12 heteroatoms. The second-order valence-electron chi connectivity index (χ2n) is 6.79. The lowest BCUT2D eigenvalue weighted by molar-refractivity contribution is -0.115. The van der Waals surface area contributed by atoms with E-state index >= 15 is 0 Å². The van der Waals surface area contributed by atoms with Crippen LogP contribution in [0.3, 0.4) is 0 Å². The van der Waals surface area contributed by atoms with Crippen molar-refractivity contribution < 1.29 is 21.6 Å². The molecule has 1 amide bonds. The van der Waals surface area contributed by atoms with Crippen molar-refractivity contribution in [3.63, 3.8) is 0 Å². The minimum absolute atomic E-state index is 0.00871. The number of halogens is 1. The van der Waals surface area contributed by atoms with Crippen molar-refractivity contribution >= 4 is 54.0 Å². The van der Waals surface area contributed by atoms with Crippen LogP contribution in [0.15, 0.2) is 47.5 Å². The van der Waals surface area contributed by atoms with Crippen molar-refractivity contribution in [2.75, 3.05) is 17.3 Å². The molecule has 3 N–H and O–H groups in total. The molecule has 1 heterocycles. The van der Waals surface area contributed by atoms with Gasteiger partial charge in [-0.05, 0) is 23.8 Å². The molecule has 3 rings (SSSR count). The first kappa shape index (κ1) is 22.2. The molecule has 160 valence electrons. The number of carbonyl (C=O) groups excluding carboxylic acids is 1. The maximum atomic E-state index is 12.4. The third-order valence-corrected chi connectivity index (χ3v) is 6.47. The number of nitrogens with one attached hydrogen (secondary N) is 1. The van der Waals surface area contributed by atoms with Gasteiger partial charge in [0, 0.05) is 28.5 Å². The minimum atomic E-state index is -4.13. The van der Waals surface area contributed by atoms with Crippen LogP contribution in [-0.4, -0.2) is 44.5 Å². The van der Waals surface area contributed by atoms with E-state index < -0.39 is 25.8 Å². The van der Waals surface area contributed by atoms with Gasteiger partial charge in [-0.3, -0.25) is 9.48 Å². The molecule has 30 heavy (non-hydrogen) atoms. The van der Waals surface area contributed by atoms with Crippen molar-refractivity contribution in [1.29, 1.82) is 0 Å². The van der Waals surface area contributed by atoms with E-state index in [1.807, 2.05) is 0 Å². The topological polar surface area (TPSA) is 141 Å². The maximum Gasteiger partial charge on any atom is 0.238 e. The summed E-state index contributed by atoms with van der Waals surface area (Å²) in [6.07, 6.45) is 2.50. The van der Waals surface area contributed by atoms with Gasteiger partial charge >= 0.3 is 0 Å². The second-order valence-corrected chi connectivity index (χ2v) is 11.0. The van der Waals surface area contributed by atoms with E-state index in [4.69, 9.17) is 16.7 Å². The lowest BCUT2D eigenvalue weighted by Crippen LogP contribution is -2.16. The molecule has 0 aliphatic rings. The summed E-state index contributed by atoms with van der Waals surface area (Å²) < 4.78 is 48.2. The van der Waals surface area contributed by atoms with Crippen molar-refractivity contribution in [2.24, 2.45) is 5.14 Å². The number of rotatable bonds is 7. The summed E-state index contributed by atoms with van der Waals surface area (Å²) in [6, 6.07) is 9.61. The average Bonchev–Trinajstić information content (AvgIpc) is 3.02. The number of fused-ring (bicyclic) bond motifs is 1. The van der Waals surface area contributed by atoms with Gasteiger partial charge in [0.15, 0.2) is 0 Å². The fourth-order valence-corrected chi connectivity index (χ4v) is 4.32. The van der Waals surface area contributed by atoms with Gasteiger partial charge in [-0.1, -0.05) is 29.8 Å². The number of sulfonamides is 1. The predicted octanol–water partition coefficient (Wildman–Crippen LogP) is 1.56. The largest absolute Gasteiger partial charge is 0.326 e. The number of nitrogens with two attached hydrogens (primary N) is 1. The average molecular weight is 471 g/mol. The second kappa shape index (κ2) is 8.34. The lowest BCUT2D eigenvalue weighted by Gasteiger charge is -2.08. The standard InChI is InChI=1S/C18H19ClN4O5S2/c1-29(25,26)7-6-23-11-14-16(22-23)9-13(10-17(14)30(20,27)28)21-18(24)8-12-4-2-3-5-15(12)19/h2-5,9-11H,6-8H2,1H3,(H,21,24)(H2,20,27,28). The summed E-state index contributed by atoms with van der Waals surface area (Å²) in [5.74, 6) is -0.563. The summed E-state index contributed by atoms with van der Waals surface area (Å²) in [5, 5.41) is 12.8. The van der Waals surface area contributed by atoms with Crippen molar-refractivity contribution in [3.8, 4) is 0 Å². The van der Waals surface area contributed by atoms with Gasteiger partial charge in [-0.15, -0.1) is 0 Å². The molecule has 2 aromatic carbocycles. The Morgan fingerprint density at radius 1 is 1.20 bits per heavy atom. The van der Waals surface area contributed by atoms with E-state index in [0.29, 0.717) is 10.6 Å². The fraction of sp³-hybridized carbons (Fsp3) is 0.222. The Kier molecular flexibility index (Phi) is 6.18. The number of anilines is 1. The predicted molar refractivity (Wildman–Crippen MR) is 115 cm³/mol. The zero-order valence-electron chi connectivity index (χ0n) is 15.9. The highest BCUT2D eigenvalue weighted by Gasteiger charge is 2.18. The molecule has 0 unspecified atom stereocenters. The molecule has 0 saturated heterocycles. The first-order valence-electron chi connectivity index (χ1n) is 8.67. The van der Waals surface area contributed by atoms with Crippen LogP contribution < -0.4 is 10.5 Å². The quantitative estimate of drug-likeness (QED) is 0.536. The number of nitrogens with zero attached hydrogens (tertiary/aromatic N) is 2. The summed E-state index contributed by atoms with van der Waals surface area (Å²) >= 11 is 6.07. The Morgan fingerprint density at radius 2 is 1.90 bits per heavy atom. The van der Waals surface area contributed by atoms with Crippen molar-refractivity contribution in [3.05, 3.63) is 53.2 Å². The van der Waals surface area contributed by atoms with E-state index in [1.165, 1.54) is 23.0 Å². The zero-order chi connectivity index (χ0) is 22.1. The number of benzene rings is 2.